The van der Waals surface area contributed by atoms with Crippen LogP contribution in [0.5, 0.6) is 0 Å². The minimum absolute atomic E-state index is 0.0107. The third kappa shape index (κ3) is 4.47. The fourth-order valence-corrected chi connectivity index (χ4v) is 3.24. The molecule has 1 amide bonds. The van der Waals surface area contributed by atoms with Gasteiger partial charge in [-0.3, -0.25) is 28.8 Å². The van der Waals surface area contributed by atoms with Gasteiger partial charge in [0.25, 0.3) is 5.56 Å². The summed E-state index contributed by atoms with van der Waals surface area (Å²) in [5, 5.41) is 13.8. The fourth-order valence-electron chi connectivity index (χ4n) is 3.24. The molecule has 2 aromatic rings. The van der Waals surface area contributed by atoms with Gasteiger partial charge in [0.2, 0.25) is 12.5 Å². The summed E-state index contributed by atoms with van der Waals surface area (Å²) >= 11 is 0. The van der Waals surface area contributed by atoms with Gasteiger partial charge in [-0.25, -0.2) is 4.79 Å². The van der Waals surface area contributed by atoms with Crippen LogP contribution in [0.2, 0.25) is 0 Å². The molecule has 1 aromatic heterocycles. The smallest absolute Gasteiger partial charge is 0.326 e. The molecular weight excluding hydrogens is 364 g/mol. The second kappa shape index (κ2) is 8.81. The normalized spacial score (nSPS) is 12.3. The SMILES string of the molecule is CCn1c(=O)c2cc(NC(=O)CC(C[N+](=O)[O-])C(C)C)ccc2n(CC)c1=O. The molecule has 0 spiro atoms. The van der Waals surface area contributed by atoms with Crippen molar-refractivity contribution in [2.24, 2.45) is 11.8 Å². The summed E-state index contributed by atoms with van der Waals surface area (Å²) in [7, 11) is 0. The largest absolute Gasteiger partial charge is 0.331 e. The number of fused-ring (bicyclic) bond motifs is 1. The molecule has 9 nitrogen and oxygen atoms in total. The number of anilines is 1. The predicted molar refractivity (Wildman–Crippen MR) is 107 cm³/mol. The van der Waals surface area contributed by atoms with Gasteiger partial charge < -0.3 is 5.32 Å². The summed E-state index contributed by atoms with van der Waals surface area (Å²) in [5.41, 5.74) is 0.159. The summed E-state index contributed by atoms with van der Waals surface area (Å²) in [5.74, 6) is -0.735. The quantitative estimate of drug-likeness (QED) is 0.547. The number of nitrogens with one attached hydrogen (secondary N) is 1. The van der Waals surface area contributed by atoms with Crippen LogP contribution in [-0.4, -0.2) is 26.5 Å². The number of nitrogens with zero attached hydrogens (tertiary/aromatic N) is 3. The third-order valence-electron chi connectivity index (χ3n) is 4.91. The van der Waals surface area contributed by atoms with Crippen LogP contribution in [0.1, 0.15) is 34.1 Å². The van der Waals surface area contributed by atoms with Crippen LogP contribution < -0.4 is 16.6 Å². The van der Waals surface area contributed by atoms with Crippen molar-refractivity contribution in [1.29, 1.82) is 0 Å². The monoisotopic (exact) mass is 390 g/mol. The molecule has 0 bridgehead atoms. The van der Waals surface area contributed by atoms with Crippen LogP contribution in [0, 0.1) is 22.0 Å². The number of rotatable bonds is 8. The van der Waals surface area contributed by atoms with E-state index in [9.17, 15) is 24.5 Å². The van der Waals surface area contributed by atoms with Gasteiger partial charge >= 0.3 is 5.69 Å². The number of carbonyl (C=O) groups excluding carboxylic acids is 1. The van der Waals surface area contributed by atoms with E-state index in [4.69, 9.17) is 0 Å². The number of carbonyl (C=O) groups is 1. The zero-order valence-electron chi connectivity index (χ0n) is 16.6. The highest BCUT2D eigenvalue weighted by Gasteiger charge is 2.23. The number of aryl methyl sites for hydroxylation is 1. The molecule has 1 heterocycles. The second-order valence-electron chi connectivity index (χ2n) is 7.08. The van der Waals surface area contributed by atoms with E-state index in [1.54, 1.807) is 25.1 Å². The maximum Gasteiger partial charge on any atom is 0.331 e. The molecule has 2 rings (SSSR count). The first-order valence-electron chi connectivity index (χ1n) is 9.38. The Morgan fingerprint density at radius 1 is 1.18 bits per heavy atom. The zero-order chi connectivity index (χ0) is 21.0. The molecule has 1 N–H and O–H groups in total. The molecule has 0 fully saturated rings. The van der Waals surface area contributed by atoms with Crippen LogP contribution in [-0.2, 0) is 17.9 Å². The third-order valence-corrected chi connectivity index (χ3v) is 4.91. The van der Waals surface area contributed by atoms with Gasteiger partial charge in [0.05, 0.1) is 10.9 Å². The van der Waals surface area contributed by atoms with Gasteiger partial charge in [-0.05, 0) is 38.0 Å². The van der Waals surface area contributed by atoms with E-state index in [1.165, 1.54) is 4.57 Å². The number of nitro groups is 1. The molecule has 1 unspecified atom stereocenters. The van der Waals surface area contributed by atoms with Crippen molar-refractivity contribution in [3.05, 3.63) is 49.2 Å². The Morgan fingerprint density at radius 3 is 2.36 bits per heavy atom. The Hall–Kier alpha value is -2.97. The Balaban J connectivity index is 2.36. The lowest BCUT2D eigenvalue weighted by Crippen LogP contribution is -2.39. The highest BCUT2D eigenvalue weighted by atomic mass is 16.6. The van der Waals surface area contributed by atoms with Crippen LogP contribution in [0.15, 0.2) is 27.8 Å². The van der Waals surface area contributed by atoms with E-state index >= 15 is 0 Å². The molecule has 0 aliphatic rings. The number of aromatic nitrogens is 2. The number of hydrogen-bond acceptors (Lipinski definition) is 5. The highest BCUT2D eigenvalue weighted by molar-refractivity contribution is 5.93. The Kier molecular flexibility index (Phi) is 6.71. The first-order chi connectivity index (χ1) is 13.2. The molecule has 9 heteroatoms. The second-order valence-corrected chi connectivity index (χ2v) is 7.08. The van der Waals surface area contributed by atoms with E-state index in [-0.39, 0.29) is 42.9 Å². The molecule has 0 saturated carbocycles. The molecule has 0 saturated heterocycles. The van der Waals surface area contributed by atoms with Crippen LogP contribution >= 0.6 is 0 Å². The molecule has 28 heavy (non-hydrogen) atoms. The predicted octanol–water partition coefficient (Wildman–Crippen LogP) is 2.08. The zero-order valence-corrected chi connectivity index (χ0v) is 16.6. The lowest BCUT2D eigenvalue weighted by Gasteiger charge is -2.17. The summed E-state index contributed by atoms with van der Waals surface area (Å²) in [6, 6.07) is 4.80. The van der Waals surface area contributed by atoms with Crippen molar-refractivity contribution in [2.45, 2.75) is 47.2 Å². The van der Waals surface area contributed by atoms with Crippen LogP contribution in [0.3, 0.4) is 0 Å². The van der Waals surface area contributed by atoms with E-state index in [0.29, 0.717) is 23.1 Å². The standard InChI is InChI=1S/C19H26N4O5/c1-5-21-16-8-7-14(10-15(16)18(25)22(6-2)19(21)26)20-17(24)9-13(12(3)4)11-23(27)28/h7-8,10,12-13H,5-6,9,11H2,1-4H3,(H,20,24). The number of amides is 1. The van der Waals surface area contributed by atoms with Crippen molar-refractivity contribution in [3.8, 4) is 0 Å². The molecule has 1 atom stereocenters. The summed E-state index contributed by atoms with van der Waals surface area (Å²) in [6.45, 7) is 7.62. The lowest BCUT2D eigenvalue weighted by atomic mass is 9.92. The van der Waals surface area contributed by atoms with Crippen molar-refractivity contribution in [2.75, 3.05) is 11.9 Å². The molecule has 1 aromatic carbocycles. The van der Waals surface area contributed by atoms with E-state index in [0.717, 1.165) is 4.57 Å². The van der Waals surface area contributed by atoms with E-state index in [2.05, 4.69) is 5.32 Å². The Labute approximate surface area is 162 Å². The van der Waals surface area contributed by atoms with Gasteiger partial charge in [-0.1, -0.05) is 13.8 Å². The maximum atomic E-state index is 12.6. The fraction of sp³-hybridized carbons (Fsp3) is 0.526. The van der Waals surface area contributed by atoms with Crippen LogP contribution in [0.4, 0.5) is 5.69 Å². The average Bonchev–Trinajstić information content (AvgIpc) is 2.62. The van der Waals surface area contributed by atoms with Crippen molar-refractivity contribution >= 4 is 22.5 Å². The van der Waals surface area contributed by atoms with E-state index < -0.39 is 10.5 Å². The van der Waals surface area contributed by atoms with Crippen molar-refractivity contribution < 1.29 is 9.72 Å². The number of benzene rings is 1. The maximum absolute atomic E-state index is 12.6. The van der Waals surface area contributed by atoms with Crippen molar-refractivity contribution in [3.63, 3.8) is 0 Å². The highest BCUT2D eigenvalue weighted by Crippen LogP contribution is 2.19. The molecule has 0 aliphatic heterocycles. The van der Waals surface area contributed by atoms with Gasteiger partial charge in [0, 0.05) is 36.0 Å². The first kappa shape index (κ1) is 21.3. The Morgan fingerprint density at radius 2 is 1.82 bits per heavy atom. The molecular formula is C19H26N4O5. The summed E-state index contributed by atoms with van der Waals surface area (Å²) in [6.07, 6.45) is 0.0182. The van der Waals surface area contributed by atoms with Crippen molar-refractivity contribution in [1.82, 2.24) is 9.13 Å². The average molecular weight is 390 g/mol. The summed E-state index contributed by atoms with van der Waals surface area (Å²) < 4.78 is 2.67. The van der Waals surface area contributed by atoms with Gasteiger partial charge in [0.1, 0.15) is 0 Å². The summed E-state index contributed by atoms with van der Waals surface area (Å²) in [4.78, 5) is 47.8. The van der Waals surface area contributed by atoms with Crippen LogP contribution in [0.25, 0.3) is 10.9 Å². The molecule has 0 aliphatic carbocycles. The first-order valence-corrected chi connectivity index (χ1v) is 9.38. The topological polar surface area (TPSA) is 116 Å². The minimum atomic E-state index is -0.412. The van der Waals surface area contributed by atoms with Gasteiger partial charge in [-0.15, -0.1) is 0 Å². The lowest BCUT2D eigenvalue weighted by molar-refractivity contribution is -0.489. The molecule has 0 radical (unpaired) electrons. The Bertz CT molecular complexity index is 1010. The van der Waals surface area contributed by atoms with E-state index in [1.807, 2.05) is 20.8 Å². The minimum Gasteiger partial charge on any atom is -0.326 e. The van der Waals surface area contributed by atoms with Gasteiger partial charge in [-0.2, -0.15) is 0 Å². The van der Waals surface area contributed by atoms with Gasteiger partial charge in [0.15, 0.2) is 0 Å². The number of hydrogen-bond donors (Lipinski definition) is 1. The molecule has 152 valence electrons.